The molecule has 0 aliphatic carbocycles. The van der Waals surface area contributed by atoms with Gasteiger partial charge in [0.15, 0.2) is 0 Å². The van der Waals surface area contributed by atoms with Gasteiger partial charge in [0.05, 0.1) is 5.69 Å². The van der Waals surface area contributed by atoms with Gasteiger partial charge in [0.2, 0.25) is 5.82 Å². The minimum Gasteiger partial charge on any atom is -0.349 e. The van der Waals surface area contributed by atoms with E-state index in [4.69, 9.17) is 0 Å². The first-order valence-electron chi connectivity index (χ1n) is 11.1. The Labute approximate surface area is 189 Å². The number of para-hydroxylation sites is 1. The molecule has 0 radical (unpaired) electrons. The zero-order valence-electron chi connectivity index (χ0n) is 18.4. The first kappa shape index (κ1) is 21.5. The highest BCUT2D eigenvalue weighted by Crippen LogP contribution is 2.16. The molecule has 4 aromatic rings. The number of aromatic nitrogens is 3. The van der Waals surface area contributed by atoms with Crippen molar-refractivity contribution in [2.45, 2.75) is 32.6 Å². The van der Waals surface area contributed by atoms with Crippen molar-refractivity contribution in [3.05, 3.63) is 113 Å². The van der Waals surface area contributed by atoms with Crippen molar-refractivity contribution >= 4 is 5.91 Å². The van der Waals surface area contributed by atoms with Crippen LogP contribution in [0, 0.1) is 6.92 Å². The predicted octanol–water partition coefficient (Wildman–Crippen LogP) is 4.72. The third-order valence-corrected chi connectivity index (χ3v) is 5.47. The smallest absolute Gasteiger partial charge is 0.290 e. The monoisotopic (exact) mass is 424 g/mol. The molecule has 1 heterocycles. The van der Waals surface area contributed by atoms with E-state index in [-0.39, 0.29) is 11.7 Å². The molecule has 0 spiro atoms. The van der Waals surface area contributed by atoms with Crippen molar-refractivity contribution in [2.24, 2.45) is 0 Å². The number of nitrogens with one attached hydrogen (secondary N) is 1. The second-order valence-corrected chi connectivity index (χ2v) is 7.88. The van der Waals surface area contributed by atoms with E-state index < -0.39 is 0 Å². The lowest BCUT2D eigenvalue weighted by atomic mass is 10.1. The highest BCUT2D eigenvalue weighted by atomic mass is 16.2. The minimum atomic E-state index is -0.230. The van der Waals surface area contributed by atoms with E-state index in [9.17, 15) is 4.79 Å². The maximum Gasteiger partial charge on any atom is 0.290 e. The Hall–Kier alpha value is -3.73. The van der Waals surface area contributed by atoms with Crippen molar-refractivity contribution < 1.29 is 4.79 Å². The van der Waals surface area contributed by atoms with Crippen LogP contribution in [0.1, 0.15) is 39.6 Å². The molecule has 0 saturated carbocycles. The van der Waals surface area contributed by atoms with Gasteiger partial charge in [-0.2, -0.15) is 0 Å². The van der Waals surface area contributed by atoms with Gasteiger partial charge < -0.3 is 5.32 Å². The summed E-state index contributed by atoms with van der Waals surface area (Å²) in [5.74, 6) is 0.778. The molecule has 0 aliphatic rings. The van der Waals surface area contributed by atoms with Crippen LogP contribution in [0.4, 0.5) is 0 Å². The predicted molar refractivity (Wildman–Crippen MR) is 127 cm³/mol. The molecule has 32 heavy (non-hydrogen) atoms. The Morgan fingerprint density at radius 1 is 0.812 bits per heavy atom. The Bertz CT molecular complexity index is 1150. The normalized spacial score (nSPS) is 10.8. The van der Waals surface area contributed by atoms with E-state index in [0.29, 0.717) is 13.0 Å². The summed E-state index contributed by atoms with van der Waals surface area (Å²) in [5.41, 5.74) is 4.55. The number of hydrogen-bond donors (Lipinski definition) is 1. The number of carbonyl (C=O) groups is 1. The number of aryl methyl sites for hydroxylation is 4. The van der Waals surface area contributed by atoms with Gasteiger partial charge >= 0.3 is 0 Å². The van der Waals surface area contributed by atoms with Crippen molar-refractivity contribution in [1.29, 1.82) is 0 Å². The van der Waals surface area contributed by atoms with Gasteiger partial charge in [0.1, 0.15) is 5.82 Å². The maximum absolute atomic E-state index is 12.8. The Kier molecular flexibility index (Phi) is 7.08. The standard InChI is InChI=1S/C27H28N4O/c1-21-11-8-9-17-24(21)31-25(19-18-23-14-6-3-7-15-23)29-26(30-31)27(32)28-20-10-16-22-12-4-2-5-13-22/h2-9,11-15,17H,10,16,18-20H2,1H3,(H,28,32). The second-order valence-electron chi connectivity index (χ2n) is 7.88. The minimum absolute atomic E-state index is 0.219. The van der Waals surface area contributed by atoms with Crippen molar-refractivity contribution in [3.8, 4) is 5.69 Å². The van der Waals surface area contributed by atoms with E-state index in [1.165, 1.54) is 11.1 Å². The summed E-state index contributed by atoms with van der Waals surface area (Å²) in [4.78, 5) is 17.4. The molecule has 1 N–H and O–H groups in total. The van der Waals surface area contributed by atoms with Crippen LogP contribution in [-0.2, 0) is 19.3 Å². The zero-order chi connectivity index (χ0) is 22.2. The van der Waals surface area contributed by atoms with E-state index in [1.54, 1.807) is 0 Å². The summed E-state index contributed by atoms with van der Waals surface area (Å²) >= 11 is 0. The summed E-state index contributed by atoms with van der Waals surface area (Å²) in [6, 6.07) is 28.6. The van der Waals surface area contributed by atoms with Crippen LogP contribution >= 0.6 is 0 Å². The van der Waals surface area contributed by atoms with Gasteiger partial charge in [-0.3, -0.25) is 4.79 Å². The summed E-state index contributed by atoms with van der Waals surface area (Å²) in [7, 11) is 0. The van der Waals surface area contributed by atoms with Crippen LogP contribution in [0.5, 0.6) is 0 Å². The Morgan fingerprint density at radius 2 is 1.44 bits per heavy atom. The van der Waals surface area contributed by atoms with Crippen LogP contribution in [0.15, 0.2) is 84.9 Å². The maximum atomic E-state index is 12.8. The van der Waals surface area contributed by atoms with Crippen LogP contribution in [0.25, 0.3) is 5.69 Å². The molecule has 0 fully saturated rings. The molecule has 1 aromatic heterocycles. The van der Waals surface area contributed by atoms with Crippen LogP contribution < -0.4 is 5.32 Å². The van der Waals surface area contributed by atoms with Gasteiger partial charge in [-0.05, 0) is 48.9 Å². The molecule has 0 atom stereocenters. The molecule has 0 bridgehead atoms. The Morgan fingerprint density at radius 3 is 2.12 bits per heavy atom. The van der Waals surface area contributed by atoms with Crippen molar-refractivity contribution in [2.75, 3.05) is 6.54 Å². The lowest BCUT2D eigenvalue weighted by molar-refractivity contribution is 0.0943. The van der Waals surface area contributed by atoms with Gasteiger partial charge in [-0.1, -0.05) is 78.9 Å². The molecule has 3 aromatic carbocycles. The van der Waals surface area contributed by atoms with E-state index in [2.05, 4.69) is 39.7 Å². The SMILES string of the molecule is Cc1ccccc1-n1nc(C(=O)NCCCc2ccccc2)nc1CCc1ccccc1. The average Bonchev–Trinajstić information content (AvgIpc) is 3.26. The van der Waals surface area contributed by atoms with E-state index >= 15 is 0 Å². The molecular weight excluding hydrogens is 396 g/mol. The zero-order valence-corrected chi connectivity index (χ0v) is 18.4. The van der Waals surface area contributed by atoms with Gasteiger partial charge in [-0.25, -0.2) is 9.67 Å². The van der Waals surface area contributed by atoms with Crippen LogP contribution in [0.3, 0.4) is 0 Å². The topological polar surface area (TPSA) is 59.8 Å². The molecule has 0 aliphatic heterocycles. The number of carbonyl (C=O) groups excluding carboxylic acids is 1. The summed E-state index contributed by atoms with van der Waals surface area (Å²) in [6.07, 6.45) is 3.33. The summed E-state index contributed by atoms with van der Waals surface area (Å²) < 4.78 is 1.82. The number of nitrogens with zero attached hydrogens (tertiary/aromatic N) is 3. The first-order valence-corrected chi connectivity index (χ1v) is 11.1. The fourth-order valence-corrected chi connectivity index (χ4v) is 3.72. The van der Waals surface area contributed by atoms with Gasteiger partial charge in [-0.15, -0.1) is 5.10 Å². The summed E-state index contributed by atoms with van der Waals surface area (Å²) in [6.45, 7) is 2.63. The van der Waals surface area contributed by atoms with Crippen molar-refractivity contribution in [1.82, 2.24) is 20.1 Å². The first-order chi connectivity index (χ1) is 15.7. The highest BCUT2D eigenvalue weighted by Gasteiger charge is 2.18. The lowest BCUT2D eigenvalue weighted by Gasteiger charge is -2.08. The van der Waals surface area contributed by atoms with E-state index in [0.717, 1.165) is 36.3 Å². The largest absolute Gasteiger partial charge is 0.349 e. The molecule has 162 valence electrons. The number of rotatable bonds is 9. The number of benzene rings is 3. The second kappa shape index (κ2) is 10.5. The number of amides is 1. The third kappa shape index (κ3) is 5.49. The molecule has 0 unspecified atom stereocenters. The van der Waals surface area contributed by atoms with E-state index in [1.807, 2.05) is 72.3 Å². The fraction of sp³-hybridized carbons (Fsp3) is 0.222. The molecule has 4 rings (SSSR count). The molecule has 0 saturated heterocycles. The average molecular weight is 425 g/mol. The molecule has 5 nitrogen and oxygen atoms in total. The lowest BCUT2D eigenvalue weighted by Crippen LogP contribution is -2.26. The highest BCUT2D eigenvalue weighted by molar-refractivity contribution is 5.90. The quantitative estimate of drug-likeness (QED) is 0.396. The Balaban J connectivity index is 1.46. The van der Waals surface area contributed by atoms with Crippen LogP contribution in [-0.4, -0.2) is 27.2 Å². The summed E-state index contributed by atoms with van der Waals surface area (Å²) in [5, 5.41) is 7.56. The third-order valence-electron chi connectivity index (χ3n) is 5.47. The molecule has 1 amide bonds. The van der Waals surface area contributed by atoms with Crippen molar-refractivity contribution in [3.63, 3.8) is 0 Å². The molecular formula is C27H28N4O. The molecule has 5 heteroatoms. The van der Waals surface area contributed by atoms with Gasteiger partial charge in [0.25, 0.3) is 5.91 Å². The van der Waals surface area contributed by atoms with Crippen LogP contribution in [0.2, 0.25) is 0 Å². The fourth-order valence-electron chi connectivity index (χ4n) is 3.72. The van der Waals surface area contributed by atoms with Gasteiger partial charge in [0, 0.05) is 13.0 Å². The number of hydrogen-bond acceptors (Lipinski definition) is 3.